The number of rotatable bonds is 3. The molecule has 0 saturated heterocycles. The Kier molecular flexibility index (Phi) is 4.06. The second kappa shape index (κ2) is 6.71. The number of hydrogen-bond acceptors (Lipinski definition) is 2. The first-order chi connectivity index (χ1) is 13.3. The first-order valence-electron chi connectivity index (χ1n) is 9.28. The number of hydrogen-bond donors (Lipinski definition) is 1. The van der Waals surface area contributed by atoms with E-state index in [1.54, 1.807) is 0 Å². The van der Waals surface area contributed by atoms with Crippen LogP contribution in [0.2, 0.25) is 5.02 Å². The minimum atomic E-state index is 0.331. The van der Waals surface area contributed by atoms with Crippen molar-refractivity contribution in [3.63, 3.8) is 0 Å². The van der Waals surface area contributed by atoms with E-state index < -0.39 is 0 Å². The monoisotopic (exact) mass is 370 g/mol. The zero-order valence-corrected chi connectivity index (χ0v) is 15.6. The van der Waals surface area contributed by atoms with Gasteiger partial charge in [0.2, 0.25) is 0 Å². The highest BCUT2D eigenvalue weighted by atomic mass is 35.5. The van der Waals surface area contributed by atoms with Crippen molar-refractivity contribution < 1.29 is 0 Å². The second-order valence-corrected chi connectivity index (χ2v) is 7.39. The van der Waals surface area contributed by atoms with E-state index in [9.17, 15) is 0 Å². The molecule has 1 aliphatic carbocycles. The first-order valence-corrected chi connectivity index (χ1v) is 9.66. The molecule has 1 atom stereocenters. The van der Waals surface area contributed by atoms with Crippen LogP contribution in [-0.2, 0) is 6.42 Å². The highest BCUT2D eigenvalue weighted by Crippen LogP contribution is 2.35. The standard InChI is InChI=1S/C24H19ClN2/c25-21-10-4-3-8-19(21)18-9-5-11-22-20(18)13-15-24(26-22)27-23-14-12-16-6-1-2-7-17(16)23/h1-11,13,15,23H,12,14H2,(H,26,27)/t23-/m1/s1. The van der Waals surface area contributed by atoms with Crippen molar-refractivity contribution in [3.05, 3.63) is 95.0 Å². The molecular formula is C24H19ClN2. The van der Waals surface area contributed by atoms with Gasteiger partial charge in [0.15, 0.2) is 0 Å². The normalized spacial score (nSPS) is 15.7. The molecule has 132 valence electrons. The molecule has 2 nitrogen and oxygen atoms in total. The summed E-state index contributed by atoms with van der Waals surface area (Å²) in [5.74, 6) is 0.917. The number of fused-ring (bicyclic) bond motifs is 2. The van der Waals surface area contributed by atoms with E-state index in [1.807, 2.05) is 24.3 Å². The van der Waals surface area contributed by atoms with Gasteiger partial charge in [-0.2, -0.15) is 0 Å². The largest absolute Gasteiger partial charge is 0.363 e. The molecule has 3 aromatic carbocycles. The van der Waals surface area contributed by atoms with E-state index in [-0.39, 0.29) is 0 Å². The molecule has 1 heterocycles. The first kappa shape index (κ1) is 16.3. The maximum atomic E-state index is 6.42. The summed E-state index contributed by atoms with van der Waals surface area (Å²) in [5, 5.41) is 5.50. The lowest BCUT2D eigenvalue weighted by Gasteiger charge is -2.16. The Labute approximate surface area is 163 Å². The second-order valence-electron chi connectivity index (χ2n) is 6.98. The topological polar surface area (TPSA) is 24.9 Å². The van der Waals surface area contributed by atoms with Crippen LogP contribution in [0.15, 0.2) is 78.9 Å². The van der Waals surface area contributed by atoms with Gasteiger partial charge in [-0.3, -0.25) is 0 Å². The molecule has 0 aliphatic heterocycles. The molecular weight excluding hydrogens is 352 g/mol. The maximum absolute atomic E-state index is 6.42. The van der Waals surface area contributed by atoms with Crippen molar-refractivity contribution in [2.75, 3.05) is 5.32 Å². The van der Waals surface area contributed by atoms with Crippen LogP contribution in [0.25, 0.3) is 22.0 Å². The Balaban J connectivity index is 1.51. The third kappa shape index (κ3) is 2.96. The highest BCUT2D eigenvalue weighted by Gasteiger charge is 2.22. The van der Waals surface area contributed by atoms with Crippen LogP contribution in [0.5, 0.6) is 0 Å². The predicted octanol–water partition coefficient (Wildman–Crippen LogP) is 6.65. The van der Waals surface area contributed by atoms with Crippen LogP contribution >= 0.6 is 11.6 Å². The van der Waals surface area contributed by atoms with Crippen LogP contribution in [0.4, 0.5) is 5.82 Å². The zero-order chi connectivity index (χ0) is 18.2. The average molecular weight is 371 g/mol. The Morgan fingerprint density at radius 1 is 0.815 bits per heavy atom. The molecule has 0 radical (unpaired) electrons. The van der Waals surface area contributed by atoms with Gasteiger partial charge in [-0.1, -0.05) is 66.2 Å². The molecule has 5 rings (SSSR count). The van der Waals surface area contributed by atoms with Gasteiger partial charge in [0.1, 0.15) is 5.82 Å². The fraction of sp³-hybridized carbons (Fsp3) is 0.125. The molecule has 0 saturated carbocycles. The summed E-state index contributed by atoms with van der Waals surface area (Å²) >= 11 is 6.42. The number of aromatic nitrogens is 1. The number of halogens is 1. The van der Waals surface area contributed by atoms with Gasteiger partial charge >= 0.3 is 0 Å². The third-order valence-electron chi connectivity index (χ3n) is 5.35. The Morgan fingerprint density at radius 3 is 2.56 bits per heavy atom. The van der Waals surface area contributed by atoms with Crippen molar-refractivity contribution in [3.8, 4) is 11.1 Å². The smallest absolute Gasteiger partial charge is 0.127 e. The Morgan fingerprint density at radius 2 is 1.63 bits per heavy atom. The Hall–Kier alpha value is -2.84. The van der Waals surface area contributed by atoms with Gasteiger partial charge in [0, 0.05) is 16.0 Å². The predicted molar refractivity (Wildman–Crippen MR) is 113 cm³/mol. The minimum Gasteiger partial charge on any atom is -0.363 e. The van der Waals surface area contributed by atoms with Crippen molar-refractivity contribution in [2.24, 2.45) is 0 Å². The number of anilines is 1. The van der Waals surface area contributed by atoms with Crippen molar-refractivity contribution >= 4 is 28.3 Å². The van der Waals surface area contributed by atoms with Gasteiger partial charge < -0.3 is 5.32 Å². The summed E-state index contributed by atoms with van der Waals surface area (Å²) in [6, 6.07) is 27.4. The lowest BCUT2D eigenvalue weighted by atomic mass is 10.0. The number of nitrogens with zero attached hydrogens (tertiary/aromatic N) is 1. The molecule has 1 aliphatic rings. The van der Waals surface area contributed by atoms with E-state index in [0.717, 1.165) is 45.7 Å². The number of pyridine rings is 1. The molecule has 1 aromatic heterocycles. The third-order valence-corrected chi connectivity index (χ3v) is 5.68. The molecule has 0 amide bonds. The van der Waals surface area contributed by atoms with Gasteiger partial charge in [-0.05, 0) is 53.8 Å². The lowest BCUT2D eigenvalue weighted by molar-refractivity contribution is 0.758. The van der Waals surface area contributed by atoms with Crippen LogP contribution in [-0.4, -0.2) is 4.98 Å². The molecule has 4 aromatic rings. The van der Waals surface area contributed by atoms with Crippen LogP contribution in [0, 0.1) is 0 Å². The summed E-state index contributed by atoms with van der Waals surface area (Å²) in [4.78, 5) is 4.87. The van der Waals surface area contributed by atoms with Crippen LogP contribution in [0.3, 0.4) is 0 Å². The van der Waals surface area contributed by atoms with Crippen molar-refractivity contribution in [1.29, 1.82) is 0 Å². The minimum absolute atomic E-state index is 0.331. The summed E-state index contributed by atoms with van der Waals surface area (Å²) in [7, 11) is 0. The number of aryl methyl sites for hydroxylation is 1. The molecule has 0 unspecified atom stereocenters. The van der Waals surface area contributed by atoms with Gasteiger partial charge in [-0.25, -0.2) is 4.98 Å². The summed E-state index contributed by atoms with van der Waals surface area (Å²) in [5.41, 5.74) is 5.96. The molecule has 27 heavy (non-hydrogen) atoms. The number of nitrogens with one attached hydrogen (secondary N) is 1. The molecule has 0 spiro atoms. The summed E-state index contributed by atoms with van der Waals surface area (Å²) in [6.45, 7) is 0. The zero-order valence-electron chi connectivity index (χ0n) is 14.8. The fourth-order valence-corrected chi connectivity index (χ4v) is 4.27. The average Bonchev–Trinajstić information content (AvgIpc) is 3.11. The van der Waals surface area contributed by atoms with E-state index in [0.29, 0.717) is 6.04 Å². The van der Waals surface area contributed by atoms with Gasteiger partial charge in [-0.15, -0.1) is 0 Å². The maximum Gasteiger partial charge on any atom is 0.127 e. The molecule has 0 bridgehead atoms. The SMILES string of the molecule is Clc1ccccc1-c1cccc2nc(N[C@@H]3CCc4ccccc43)ccc12. The van der Waals surface area contributed by atoms with Gasteiger partial charge in [0.25, 0.3) is 0 Å². The quantitative estimate of drug-likeness (QED) is 0.436. The fourth-order valence-electron chi connectivity index (χ4n) is 4.04. The number of benzene rings is 3. The van der Waals surface area contributed by atoms with E-state index >= 15 is 0 Å². The van der Waals surface area contributed by atoms with E-state index in [2.05, 4.69) is 59.9 Å². The van der Waals surface area contributed by atoms with Crippen LogP contribution in [0.1, 0.15) is 23.6 Å². The summed E-state index contributed by atoms with van der Waals surface area (Å²) < 4.78 is 0. The molecule has 0 fully saturated rings. The van der Waals surface area contributed by atoms with E-state index in [4.69, 9.17) is 16.6 Å². The summed E-state index contributed by atoms with van der Waals surface area (Å²) in [6.07, 6.45) is 2.23. The lowest BCUT2D eigenvalue weighted by Crippen LogP contribution is -2.08. The van der Waals surface area contributed by atoms with Crippen molar-refractivity contribution in [1.82, 2.24) is 4.98 Å². The molecule has 1 N–H and O–H groups in total. The van der Waals surface area contributed by atoms with E-state index in [1.165, 1.54) is 11.1 Å². The van der Waals surface area contributed by atoms with Crippen LogP contribution < -0.4 is 5.32 Å². The molecule has 3 heteroatoms. The Bertz CT molecular complexity index is 1140. The highest BCUT2D eigenvalue weighted by molar-refractivity contribution is 6.33. The van der Waals surface area contributed by atoms with Gasteiger partial charge in [0.05, 0.1) is 11.6 Å². The van der Waals surface area contributed by atoms with Crippen molar-refractivity contribution in [2.45, 2.75) is 18.9 Å².